The van der Waals surface area contributed by atoms with Gasteiger partial charge in [-0.25, -0.2) is 0 Å². The third-order valence-corrected chi connectivity index (χ3v) is 6.86. The lowest BCUT2D eigenvalue weighted by Crippen LogP contribution is -2.53. The fourth-order valence-electron chi connectivity index (χ4n) is 5.06. The van der Waals surface area contributed by atoms with Gasteiger partial charge in [-0.05, 0) is 49.3 Å². The van der Waals surface area contributed by atoms with Gasteiger partial charge in [0.15, 0.2) is 0 Å². The first-order chi connectivity index (χ1) is 12.8. The average molecular weight is 379 g/mol. The number of benzene rings is 1. The Kier molecular flexibility index (Phi) is 6.17. The molecule has 2 heterocycles. The highest BCUT2D eigenvalue weighted by atomic mass is 35.5. The van der Waals surface area contributed by atoms with Crippen LogP contribution in [-0.4, -0.2) is 51.6 Å². The van der Waals surface area contributed by atoms with E-state index in [1.165, 1.54) is 24.8 Å². The van der Waals surface area contributed by atoms with Gasteiger partial charge in [-0.15, -0.1) is 0 Å². The van der Waals surface area contributed by atoms with E-state index in [-0.39, 0.29) is 5.41 Å². The number of hydrogen-bond donors (Lipinski definition) is 2. The summed E-state index contributed by atoms with van der Waals surface area (Å²) in [6.07, 6.45) is 6.00. The molecule has 0 bridgehead atoms. The van der Waals surface area contributed by atoms with Crippen molar-refractivity contribution in [2.45, 2.75) is 49.6 Å². The normalized spacial score (nSPS) is 31.8. The van der Waals surface area contributed by atoms with Crippen LogP contribution in [0, 0.1) is 5.92 Å². The molecule has 1 aliphatic carbocycles. The molecule has 3 unspecified atom stereocenters. The maximum Gasteiger partial charge on any atom is 0.0623 e. The van der Waals surface area contributed by atoms with Gasteiger partial charge in [-0.3, -0.25) is 0 Å². The third kappa shape index (κ3) is 4.10. The molecule has 0 aromatic heterocycles. The number of morpholine rings is 1. The van der Waals surface area contributed by atoms with E-state index in [2.05, 4.69) is 28.8 Å². The molecule has 3 atom stereocenters. The molecule has 4 rings (SSSR count). The summed E-state index contributed by atoms with van der Waals surface area (Å²) in [7, 11) is 0. The second-order valence-electron chi connectivity index (χ2n) is 8.12. The summed E-state index contributed by atoms with van der Waals surface area (Å²) in [6, 6.07) is 9.51. The quantitative estimate of drug-likeness (QED) is 0.826. The van der Waals surface area contributed by atoms with Crippen molar-refractivity contribution in [3.8, 4) is 0 Å². The SMILES string of the molecule is Clc1cccc(C2(CNC3CCCC3C3COCCN3)CCOCC2)c1. The molecule has 5 heteroatoms. The monoisotopic (exact) mass is 378 g/mol. The molecule has 1 aromatic rings. The van der Waals surface area contributed by atoms with Gasteiger partial charge in [-0.1, -0.05) is 30.2 Å². The second-order valence-corrected chi connectivity index (χ2v) is 8.56. The molecule has 3 aliphatic rings. The number of nitrogens with one attached hydrogen (secondary N) is 2. The Morgan fingerprint density at radius 1 is 1.15 bits per heavy atom. The molecule has 2 aliphatic heterocycles. The Morgan fingerprint density at radius 2 is 2.04 bits per heavy atom. The summed E-state index contributed by atoms with van der Waals surface area (Å²) in [5.74, 6) is 0.673. The van der Waals surface area contributed by atoms with Gasteiger partial charge in [0.1, 0.15) is 0 Å². The maximum atomic E-state index is 6.30. The van der Waals surface area contributed by atoms with Crippen molar-refractivity contribution in [1.29, 1.82) is 0 Å². The lowest BCUT2D eigenvalue weighted by molar-refractivity contribution is 0.0419. The molecule has 26 heavy (non-hydrogen) atoms. The zero-order valence-corrected chi connectivity index (χ0v) is 16.3. The van der Waals surface area contributed by atoms with Gasteiger partial charge in [0.05, 0.1) is 13.2 Å². The predicted octanol–water partition coefficient (Wildman–Crippen LogP) is 3.13. The highest BCUT2D eigenvalue weighted by molar-refractivity contribution is 6.30. The molecule has 3 fully saturated rings. The highest BCUT2D eigenvalue weighted by Crippen LogP contribution is 2.37. The van der Waals surface area contributed by atoms with Gasteiger partial charge < -0.3 is 20.1 Å². The molecule has 0 spiro atoms. The van der Waals surface area contributed by atoms with Crippen molar-refractivity contribution < 1.29 is 9.47 Å². The summed E-state index contributed by atoms with van der Waals surface area (Å²) in [4.78, 5) is 0. The van der Waals surface area contributed by atoms with Crippen molar-refractivity contribution in [2.75, 3.05) is 39.5 Å². The highest BCUT2D eigenvalue weighted by Gasteiger charge is 2.39. The summed E-state index contributed by atoms with van der Waals surface area (Å²) in [6.45, 7) is 5.36. The third-order valence-electron chi connectivity index (χ3n) is 6.63. The number of ether oxygens (including phenoxy) is 2. The number of rotatable bonds is 5. The van der Waals surface area contributed by atoms with Crippen LogP contribution in [0.3, 0.4) is 0 Å². The van der Waals surface area contributed by atoms with Gasteiger partial charge in [0, 0.05) is 48.8 Å². The minimum Gasteiger partial charge on any atom is -0.381 e. The molecule has 0 amide bonds. The summed E-state index contributed by atoms with van der Waals surface area (Å²) < 4.78 is 11.4. The van der Waals surface area contributed by atoms with Crippen molar-refractivity contribution in [2.24, 2.45) is 5.92 Å². The molecule has 2 N–H and O–H groups in total. The lowest BCUT2D eigenvalue weighted by atomic mass is 9.74. The van der Waals surface area contributed by atoms with E-state index in [0.717, 1.165) is 57.4 Å². The van der Waals surface area contributed by atoms with Crippen molar-refractivity contribution in [3.63, 3.8) is 0 Å². The molecular formula is C21H31ClN2O2. The first kappa shape index (κ1) is 18.7. The Labute approximate surface area is 162 Å². The van der Waals surface area contributed by atoms with Gasteiger partial charge in [0.25, 0.3) is 0 Å². The zero-order valence-electron chi connectivity index (χ0n) is 15.5. The largest absolute Gasteiger partial charge is 0.381 e. The van der Waals surface area contributed by atoms with Crippen LogP contribution >= 0.6 is 11.6 Å². The van der Waals surface area contributed by atoms with Crippen LogP contribution in [0.25, 0.3) is 0 Å². The molecule has 2 saturated heterocycles. The Balaban J connectivity index is 1.46. The molecular weight excluding hydrogens is 348 g/mol. The molecule has 144 valence electrons. The second kappa shape index (κ2) is 8.57. The smallest absolute Gasteiger partial charge is 0.0623 e. The lowest BCUT2D eigenvalue weighted by Gasteiger charge is -2.40. The van der Waals surface area contributed by atoms with Gasteiger partial charge in [0.2, 0.25) is 0 Å². The fraction of sp³-hybridized carbons (Fsp3) is 0.714. The molecule has 1 aromatic carbocycles. The standard InChI is InChI=1S/C21H31ClN2O2/c22-17-4-1-3-16(13-17)21(7-10-25-11-8-21)15-24-19-6-2-5-18(19)20-14-26-12-9-23-20/h1,3-4,13,18-20,23-24H,2,5-12,14-15H2. The topological polar surface area (TPSA) is 42.5 Å². The molecule has 4 nitrogen and oxygen atoms in total. The van der Waals surface area contributed by atoms with Crippen LogP contribution in [0.1, 0.15) is 37.7 Å². The average Bonchev–Trinajstić information content (AvgIpc) is 3.17. The predicted molar refractivity (Wildman–Crippen MR) is 105 cm³/mol. The van der Waals surface area contributed by atoms with Crippen LogP contribution in [0.15, 0.2) is 24.3 Å². The van der Waals surface area contributed by atoms with Crippen LogP contribution in [0.4, 0.5) is 0 Å². The van der Waals surface area contributed by atoms with E-state index in [1.54, 1.807) is 0 Å². The van der Waals surface area contributed by atoms with E-state index in [0.29, 0.717) is 18.0 Å². The maximum absolute atomic E-state index is 6.30. The Morgan fingerprint density at radius 3 is 2.81 bits per heavy atom. The zero-order chi connectivity index (χ0) is 17.8. The van der Waals surface area contributed by atoms with Gasteiger partial charge in [-0.2, -0.15) is 0 Å². The summed E-state index contributed by atoms with van der Waals surface area (Å²) in [5, 5.41) is 8.47. The van der Waals surface area contributed by atoms with E-state index in [9.17, 15) is 0 Å². The first-order valence-electron chi connectivity index (χ1n) is 10.2. The van der Waals surface area contributed by atoms with Crippen LogP contribution in [-0.2, 0) is 14.9 Å². The van der Waals surface area contributed by atoms with Crippen LogP contribution < -0.4 is 10.6 Å². The molecule has 1 saturated carbocycles. The van der Waals surface area contributed by atoms with E-state index < -0.39 is 0 Å². The van der Waals surface area contributed by atoms with E-state index in [4.69, 9.17) is 21.1 Å². The number of hydrogen-bond acceptors (Lipinski definition) is 4. The molecule has 0 radical (unpaired) electrons. The summed E-state index contributed by atoms with van der Waals surface area (Å²) >= 11 is 6.30. The first-order valence-corrected chi connectivity index (χ1v) is 10.5. The van der Waals surface area contributed by atoms with Crippen LogP contribution in [0.5, 0.6) is 0 Å². The van der Waals surface area contributed by atoms with Crippen molar-refractivity contribution >= 4 is 11.6 Å². The minimum atomic E-state index is 0.132. The number of halogens is 1. The summed E-state index contributed by atoms with van der Waals surface area (Å²) in [5.41, 5.74) is 1.49. The Hall–Kier alpha value is -0.650. The van der Waals surface area contributed by atoms with Gasteiger partial charge >= 0.3 is 0 Å². The fourth-order valence-corrected chi connectivity index (χ4v) is 5.25. The van der Waals surface area contributed by atoms with E-state index >= 15 is 0 Å². The van der Waals surface area contributed by atoms with Crippen LogP contribution in [0.2, 0.25) is 5.02 Å². The Bertz CT molecular complexity index is 585. The minimum absolute atomic E-state index is 0.132. The van der Waals surface area contributed by atoms with Crippen molar-refractivity contribution in [1.82, 2.24) is 10.6 Å². The van der Waals surface area contributed by atoms with E-state index in [1.807, 2.05) is 6.07 Å². The van der Waals surface area contributed by atoms with Crippen molar-refractivity contribution in [3.05, 3.63) is 34.9 Å².